The fourth-order valence-electron chi connectivity index (χ4n) is 7.78. The van der Waals surface area contributed by atoms with Gasteiger partial charge in [-0.2, -0.15) is 0 Å². The third-order valence-corrected chi connectivity index (χ3v) is 10.3. The quantitative estimate of drug-likeness (QED) is 0.165. The van der Waals surface area contributed by atoms with E-state index >= 15 is 0 Å². The Kier molecular flexibility index (Phi) is 7.18. The Bertz CT molecular complexity index is 2870. The number of furan rings is 1. The summed E-state index contributed by atoms with van der Waals surface area (Å²) in [7, 11) is 0. The lowest BCUT2D eigenvalue weighted by Gasteiger charge is -2.27. The second-order valence-electron chi connectivity index (χ2n) is 13.3. The standard InChI is InChI=1S/C50H33NO/c1-3-13-34(14-4-1)35-23-25-36(26-24-35)37-27-29-40(30-28-37)51(39-16-5-2-6-17-39)47-32-31-44(50-49(47)45-21-11-12-22-48(45)52-50)46-33-38-15-7-8-18-41(38)42-19-9-10-20-43(42)46/h1-33H. The van der Waals surface area contributed by atoms with E-state index in [-0.39, 0.29) is 0 Å². The first-order valence-corrected chi connectivity index (χ1v) is 17.8. The zero-order valence-corrected chi connectivity index (χ0v) is 28.4. The van der Waals surface area contributed by atoms with Crippen molar-refractivity contribution in [2.45, 2.75) is 0 Å². The van der Waals surface area contributed by atoms with Crippen molar-refractivity contribution in [2.24, 2.45) is 0 Å². The van der Waals surface area contributed by atoms with Crippen LogP contribution < -0.4 is 4.90 Å². The SMILES string of the molecule is c1ccc(-c2ccc(-c3ccc(N(c4ccccc4)c4ccc(-c5cc6ccccc6c6ccccc56)c5oc6ccccc6c45)cc3)cc2)cc1. The highest BCUT2D eigenvalue weighted by Gasteiger charge is 2.23. The summed E-state index contributed by atoms with van der Waals surface area (Å²) in [5.41, 5.74) is 12.0. The first-order chi connectivity index (χ1) is 25.8. The number of fused-ring (bicyclic) bond motifs is 6. The number of hydrogen-bond donors (Lipinski definition) is 0. The lowest BCUT2D eigenvalue weighted by atomic mass is 9.92. The van der Waals surface area contributed by atoms with E-state index in [4.69, 9.17) is 4.42 Å². The Morgan fingerprint density at radius 1 is 0.346 bits per heavy atom. The van der Waals surface area contributed by atoms with Crippen LogP contribution in [0.2, 0.25) is 0 Å². The number of hydrogen-bond acceptors (Lipinski definition) is 2. The first-order valence-electron chi connectivity index (χ1n) is 17.8. The van der Waals surface area contributed by atoms with Gasteiger partial charge >= 0.3 is 0 Å². The molecule has 0 fully saturated rings. The van der Waals surface area contributed by atoms with E-state index in [1.54, 1.807) is 0 Å². The van der Waals surface area contributed by atoms with Crippen molar-refractivity contribution in [3.63, 3.8) is 0 Å². The molecule has 1 aromatic heterocycles. The molecule has 0 atom stereocenters. The maximum absolute atomic E-state index is 6.85. The van der Waals surface area contributed by atoms with Crippen LogP contribution in [0.15, 0.2) is 205 Å². The zero-order chi connectivity index (χ0) is 34.4. The highest BCUT2D eigenvalue weighted by Crippen LogP contribution is 2.47. The van der Waals surface area contributed by atoms with Crippen molar-refractivity contribution in [3.8, 4) is 33.4 Å². The smallest absolute Gasteiger partial charge is 0.145 e. The van der Waals surface area contributed by atoms with Crippen LogP contribution in [0.4, 0.5) is 17.1 Å². The molecule has 10 rings (SSSR count). The summed E-state index contributed by atoms with van der Waals surface area (Å²) >= 11 is 0. The van der Waals surface area contributed by atoms with Crippen LogP contribution in [0.1, 0.15) is 0 Å². The van der Waals surface area contributed by atoms with Crippen LogP contribution in [0.3, 0.4) is 0 Å². The second kappa shape index (κ2) is 12.5. The third-order valence-electron chi connectivity index (χ3n) is 10.3. The van der Waals surface area contributed by atoms with E-state index in [9.17, 15) is 0 Å². The summed E-state index contributed by atoms with van der Waals surface area (Å²) in [5, 5.41) is 7.10. The molecule has 10 aromatic rings. The monoisotopic (exact) mass is 663 g/mol. The first kappa shape index (κ1) is 30.0. The molecule has 52 heavy (non-hydrogen) atoms. The van der Waals surface area contributed by atoms with Crippen molar-refractivity contribution >= 4 is 60.5 Å². The van der Waals surface area contributed by atoms with Gasteiger partial charge < -0.3 is 9.32 Å². The van der Waals surface area contributed by atoms with Gasteiger partial charge in [0.15, 0.2) is 0 Å². The molecule has 0 aliphatic heterocycles. The van der Waals surface area contributed by atoms with Crippen LogP contribution >= 0.6 is 0 Å². The van der Waals surface area contributed by atoms with Gasteiger partial charge in [-0.15, -0.1) is 0 Å². The van der Waals surface area contributed by atoms with E-state index in [1.165, 1.54) is 49.4 Å². The maximum Gasteiger partial charge on any atom is 0.145 e. The molecule has 0 radical (unpaired) electrons. The van der Waals surface area contributed by atoms with Gasteiger partial charge in [0.2, 0.25) is 0 Å². The molecular formula is C50H33NO. The summed E-state index contributed by atoms with van der Waals surface area (Å²) < 4.78 is 6.85. The molecule has 0 unspecified atom stereocenters. The van der Waals surface area contributed by atoms with Crippen LogP contribution in [0, 0.1) is 0 Å². The van der Waals surface area contributed by atoms with E-state index in [0.717, 1.165) is 44.6 Å². The number of rotatable bonds is 6. The van der Waals surface area contributed by atoms with Crippen LogP contribution in [0.25, 0.3) is 76.9 Å². The van der Waals surface area contributed by atoms with Crippen LogP contribution in [-0.2, 0) is 0 Å². The average Bonchev–Trinajstić information content (AvgIpc) is 3.62. The summed E-state index contributed by atoms with van der Waals surface area (Å²) in [6.07, 6.45) is 0. The molecule has 1 heterocycles. The molecule has 0 aliphatic rings. The molecule has 9 aromatic carbocycles. The fourth-order valence-corrected chi connectivity index (χ4v) is 7.78. The van der Waals surface area contributed by atoms with Gasteiger partial charge in [0, 0.05) is 22.3 Å². The Morgan fingerprint density at radius 3 is 1.58 bits per heavy atom. The van der Waals surface area contributed by atoms with Crippen molar-refractivity contribution < 1.29 is 4.42 Å². The lowest BCUT2D eigenvalue weighted by molar-refractivity contribution is 0.670. The predicted octanol–water partition coefficient (Wildman–Crippen LogP) is 14.4. The lowest BCUT2D eigenvalue weighted by Crippen LogP contribution is -2.10. The fraction of sp³-hybridized carbons (Fsp3) is 0. The Hall–Kier alpha value is -6.90. The normalized spacial score (nSPS) is 11.5. The molecule has 2 nitrogen and oxygen atoms in total. The minimum Gasteiger partial charge on any atom is -0.455 e. The molecule has 0 saturated carbocycles. The number of nitrogens with zero attached hydrogens (tertiary/aromatic N) is 1. The Labute approximate surface area is 302 Å². The largest absolute Gasteiger partial charge is 0.455 e. The van der Waals surface area contributed by atoms with Gasteiger partial charge in [0.05, 0.1) is 11.1 Å². The van der Waals surface area contributed by atoms with Gasteiger partial charge in [-0.25, -0.2) is 0 Å². The number of anilines is 3. The number of para-hydroxylation sites is 2. The summed E-state index contributed by atoms with van der Waals surface area (Å²) in [6, 6.07) is 71.5. The maximum atomic E-state index is 6.85. The highest BCUT2D eigenvalue weighted by atomic mass is 16.3. The highest BCUT2D eigenvalue weighted by molar-refractivity contribution is 6.21. The minimum atomic E-state index is 0.874. The van der Waals surface area contributed by atoms with Gasteiger partial charge in [0.1, 0.15) is 11.2 Å². The minimum absolute atomic E-state index is 0.874. The van der Waals surface area contributed by atoms with Crippen molar-refractivity contribution in [1.82, 2.24) is 0 Å². The Morgan fingerprint density at radius 2 is 0.865 bits per heavy atom. The van der Waals surface area contributed by atoms with E-state index in [2.05, 4.69) is 205 Å². The van der Waals surface area contributed by atoms with E-state index < -0.39 is 0 Å². The molecule has 244 valence electrons. The average molecular weight is 664 g/mol. The van der Waals surface area contributed by atoms with Crippen molar-refractivity contribution in [1.29, 1.82) is 0 Å². The topological polar surface area (TPSA) is 16.4 Å². The zero-order valence-electron chi connectivity index (χ0n) is 28.4. The number of benzene rings is 9. The van der Waals surface area contributed by atoms with E-state index in [0.29, 0.717) is 0 Å². The van der Waals surface area contributed by atoms with Gasteiger partial charge in [0.25, 0.3) is 0 Å². The predicted molar refractivity (Wildman–Crippen MR) is 220 cm³/mol. The summed E-state index contributed by atoms with van der Waals surface area (Å²) in [5.74, 6) is 0. The van der Waals surface area contributed by atoms with Gasteiger partial charge in [-0.05, 0) is 97.9 Å². The molecule has 0 N–H and O–H groups in total. The summed E-state index contributed by atoms with van der Waals surface area (Å²) in [4.78, 5) is 2.36. The molecular weight excluding hydrogens is 631 g/mol. The Balaban J connectivity index is 1.15. The summed E-state index contributed by atoms with van der Waals surface area (Å²) in [6.45, 7) is 0. The molecule has 0 spiro atoms. The molecule has 0 amide bonds. The van der Waals surface area contributed by atoms with Crippen molar-refractivity contribution in [3.05, 3.63) is 200 Å². The van der Waals surface area contributed by atoms with Gasteiger partial charge in [-0.3, -0.25) is 0 Å². The molecule has 0 saturated heterocycles. The van der Waals surface area contributed by atoms with Crippen LogP contribution in [0.5, 0.6) is 0 Å². The molecule has 2 heteroatoms. The second-order valence-corrected chi connectivity index (χ2v) is 13.3. The van der Waals surface area contributed by atoms with Crippen LogP contribution in [-0.4, -0.2) is 0 Å². The molecule has 0 aliphatic carbocycles. The van der Waals surface area contributed by atoms with Gasteiger partial charge in [-0.1, -0.05) is 152 Å². The third kappa shape index (κ3) is 5.04. The van der Waals surface area contributed by atoms with E-state index in [1.807, 2.05) is 0 Å². The van der Waals surface area contributed by atoms with Crippen molar-refractivity contribution in [2.75, 3.05) is 4.90 Å². The molecule has 0 bridgehead atoms.